The quantitative estimate of drug-likeness (QED) is 0.233. The van der Waals surface area contributed by atoms with Crippen LogP contribution < -0.4 is 9.21 Å². The fraction of sp³-hybridized carbons (Fsp3) is 0.133. The van der Waals surface area contributed by atoms with Crippen molar-refractivity contribution in [3.05, 3.63) is 119 Å². The molecule has 0 fully saturated rings. The fourth-order valence-electron chi connectivity index (χ4n) is 4.18. The molecule has 0 N–H and O–H groups in total. The first kappa shape index (κ1) is 25.6. The second kappa shape index (κ2) is 10.4. The van der Waals surface area contributed by atoms with Gasteiger partial charge in [0.15, 0.2) is 5.13 Å². The summed E-state index contributed by atoms with van der Waals surface area (Å²) in [6.45, 7) is 4.43. The summed E-state index contributed by atoms with van der Waals surface area (Å²) in [5.74, 6) is -0.248. The van der Waals surface area contributed by atoms with Crippen LogP contribution in [0.15, 0.2) is 102 Å². The number of hydrogen-bond acceptors (Lipinski definition) is 5. The van der Waals surface area contributed by atoms with Crippen molar-refractivity contribution in [2.24, 2.45) is 0 Å². The molecule has 1 aromatic heterocycles. The number of hydrogen-bond donors (Lipinski definition) is 0. The van der Waals surface area contributed by atoms with Crippen molar-refractivity contribution in [2.75, 3.05) is 16.3 Å². The zero-order valence-corrected chi connectivity index (χ0v) is 23.0. The van der Waals surface area contributed by atoms with E-state index in [1.54, 1.807) is 41.3 Å². The Hall–Kier alpha value is -4.01. The molecule has 6 nitrogen and oxygen atoms in total. The number of carbonyl (C=O) groups is 1. The van der Waals surface area contributed by atoms with Gasteiger partial charge in [-0.3, -0.25) is 14.0 Å². The Bertz CT molecular complexity index is 1700. The lowest BCUT2D eigenvalue weighted by Gasteiger charge is -2.21. The zero-order chi connectivity index (χ0) is 26.9. The Morgan fingerprint density at radius 2 is 1.47 bits per heavy atom. The highest BCUT2D eigenvalue weighted by Gasteiger charge is 2.25. The number of rotatable bonds is 7. The minimum atomic E-state index is -3.78. The monoisotopic (exact) mass is 541 g/mol. The summed E-state index contributed by atoms with van der Waals surface area (Å²) in [6, 6.07) is 28.8. The first-order valence-corrected chi connectivity index (χ1v) is 14.4. The van der Waals surface area contributed by atoms with E-state index in [4.69, 9.17) is 4.98 Å². The van der Waals surface area contributed by atoms with Crippen LogP contribution >= 0.6 is 11.3 Å². The maximum absolute atomic E-state index is 13.8. The summed E-state index contributed by atoms with van der Waals surface area (Å²) < 4.78 is 28.6. The number of amides is 1. The van der Waals surface area contributed by atoms with Gasteiger partial charge in [-0.1, -0.05) is 65.9 Å². The highest BCUT2D eigenvalue weighted by atomic mass is 32.2. The number of thiazole rings is 1. The van der Waals surface area contributed by atoms with Crippen molar-refractivity contribution in [2.45, 2.75) is 25.3 Å². The van der Waals surface area contributed by atoms with Crippen LogP contribution in [0.2, 0.25) is 0 Å². The number of nitrogens with zero attached hydrogens (tertiary/aromatic N) is 3. The van der Waals surface area contributed by atoms with Gasteiger partial charge < -0.3 is 0 Å². The Morgan fingerprint density at radius 1 is 0.842 bits per heavy atom. The van der Waals surface area contributed by atoms with E-state index >= 15 is 0 Å². The van der Waals surface area contributed by atoms with Gasteiger partial charge in [0.05, 0.1) is 27.3 Å². The molecule has 0 aliphatic rings. The smallest absolute Gasteiger partial charge is 0.264 e. The van der Waals surface area contributed by atoms with Crippen molar-refractivity contribution in [1.82, 2.24) is 4.98 Å². The van der Waals surface area contributed by atoms with Gasteiger partial charge in [0.2, 0.25) is 0 Å². The Labute approximate surface area is 226 Å². The van der Waals surface area contributed by atoms with Crippen LogP contribution in [-0.2, 0) is 16.6 Å². The molecule has 38 heavy (non-hydrogen) atoms. The zero-order valence-electron chi connectivity index (χ0n) is 21.3. The van der Waals surface area contributed by atoms with Crippen LogP contribution in [0.3, 0.4) is 0 Å². The molecule has 0 aliphatic heterocycles. The third-order valence-electron chi connectivity index (χ3n) is 6.61. The molecule has 5 rings (SSSR count). The molecule has 4 aromatic carbocycles. The van der Waals surface area contributed by atoms with E-state index in [-0.39, 0.29) is 10.8 Å². The van der Waals surface area contributed by atoms with Crippen molar-refractivity contribution < 1.29 is 13.2 Å². The summed E-state index contributed by atoms with van der Waals surface area (Å²) in [5.41, 5.74) is 5.04. The van der Waals surface area contributed by atoms with Crippen molar-refractivity contribution in [3.63, 3.8) is 0 Å². The summed E-state index contributed by atoms with van der Waals surface area (Å²) in [6.07, 6.45) is 0. The lowest BCUT2D eigenvalue weighted by molar-refractivity contribution is 0.0985. The van der Waals surface area contributed by atoms with Crippen LogP contribution in [0.5, 0.6) is 0 Å². The van der Waals surface area contributed by atoms with E-state index in [9.17, 15) is 13.2 Å². The normalized spacial score (nSPS) is 11.4. The number of anilines is 2. The van der Waals surface area contributed by atoms with E-state index in [1.165, 1.54) is 34.8 Å². The first-order chi connectivity index (χ1) is 18.3. The highest BCUT2D eigenvalue weighted by molar-refractivity contribution is 7.92. The fourth-order valence-corrected chi connectivity index (χ4v) is 6.40. The van der Waals surface area contributed by atoms with Gasteiger partial charge in [-0.25, -0.2) is 13.4 Å². The molecule has 0 atom stereocenters. The lowest BCUT2D eigenvalue weighted by atomic mass is 10.1. The van der Waals surface area contributed by atoms with E-state index in [1.807, 2.05) is 56.3 Å². The van der Waals surface area contributed by atoms with E-state index in [2.05, 4.69) is 6.07 Å². The van der Waals surface area contributed by atoms with Gasteiger partial charge in [0, 0.05) is 12.6 Å². The minimum Gasteiger partial charge on any atom is -0.279 e. The SMILES string of the molecule is Cc1ccc2sc(N(Cc3ccccc3)C(=O)c3ccc(S(=O)(=O)N(C)c4ccccc4)cc3)nc2c1C. The third-order valence-corrected chi connectivity index (χ3v) is 9.46. The molecule has 0 radical (unpaired) electrons. The molecule has 0 aliphatic carbocycles. The van der Waals surface area contributed by atoms with Crippen LogP contribution in [0.25, 0.3) is 10.2 Å². The molecule has 0 unspecified atom stereocenters. The molecule has 1 heterocycles. The first-order valence-electron chi connectivity index (χ1n) is 12.1. The molecule has 5 aromatic rings. The van der Waals surface area contributed by atoms with Crippen LogP contribution in [0.1, 0.15) is 27.0 Å². The van der Waals surface area contributed by atoms with Crippen molar-refractivity contribution >= 4 is 48.3 Å². The minimum absolute atomic E-state index is 0.112. The van der Waals surface area contributed by atoms with Gasteiger partial charge in [0.1, 0.15) is 0 Å². The van der Waals surface area contributed by atoms with Crippen LogP contribution in [0.4, 0.5) is 10.8 Å². The standard InChI is InChI=1S/C30H27N3O3S2/c1-21-14-19-27-28(22(21)2)31-30(37-27)33(20-23-10-6-4-7-11-23)29(34)24-15-17-26(18-16-24)38(35,36)32(3)25-12-8-5-9-13-25/h4-19H,20H2,1-3H3. The van der Waals surface area contributed by atoms with Crippen molar-refractivity contribution in [3.8, 4) is 0 Å². The van der Waals surface area contributed by atoms with Gasteiger partial charge >= 0.3 is 0 Å². The molecular weight excluding hydrogens is 514 g/mol. The Balaban J connectivity index is 1.49. The summed E-state index contributed by atoms with van der Waals surface area (Å²) in [7, 11) is -2.27. The van der Waals surface area contributed by atoms with Gasteiger partial charge in [-0.05, 0) is 73.0 Å². The van der Waals surface area contributed by atoms with Gasteiger partial charge in [-0.2, -0.15) is 0 Å². The summed E-state index contributed by atoms with van der Waals surface area (Å²) in [5, 5.41) is 0.600. The van der Waals surface area contributed by atoms with Gasteiger partial charge in [0.25, 0.3) is 15.9 Å². The second-order valence-electron chi connectivity index (χ2n) is 9.06. The maximum atomic E-state index is 13.8. The lowest BCUT2D eigenvalue weighted by Crippen LogP contribution is -2.30. The number of aromatic nitrogens is 1. The van der Waals surface area contributed by atoms with Crippen molar-refractivity contribution in [1.29, 1.82) is 0 Å². The maximum Gasteiger partial charge on any atom is 0.264 e. The van der Waals surface area contributed by atoms with E-state index < -0.39 is 10.0 Å². The number of sulfonamides is 1. The number of carbonyl (C=O) groups excluding carboxylic acids is 1. The largest absolute Gasteiger partial charge is 0.279 e. The van der Waals surface area contributed by atoms with Gasteiger partial charge in [-0.15, -0.1) is 0 Å². The molecule has 0 spiro atoms. The van der Waals surface area contributed by atoms with E-state index in [0.717, 1.165) is 26.9 Å². The highest BCUT2D eigenvalue weighted by Crippen LogP contribution is 2.33. The molecule has 0 saturated heterocycles. The van der Waals surface area contributed by atoms with E-state index in [0.29, 0.717) is 22.9 Å². The molecule has 0 bridgehead atoms. The molecule has 1 amide bonds. The average molecular weight is 542 g/mol. The number of aryl methyl sites for hydroxylation is 2. The van der Waals surface area contributed by atoms with Crippen LogP contribution in [-0.4, -0.2) is 26.4 Å². The van der Waals surface area contributed by atoms with Crippen LogP contribution in [0, 0.1) is 13.8 Å². The predicted octanol–water partition coefficient (Wildman–Crippen LogP) is 6.59. The summed E-state index contributed by atoms with van der Waals surface area (Å²) in [4.78, 5) is 20.5. The number of fused-ring (bicyclic) bond motifs is 1. The second-order valence-corrected chi connectivity index (χ2v) is 12.0. The predicted molar refractivity (Wildman–Crippen MR) is 155 cm³/mol. The third kappa shape index (κ3) is 4.92. The molecular formula is C30H27N3O3S2. The molecule has 0 saturated carbocycles. The number of para-hydroxylation sites is 1. The summed E-state index contributed by atoms with van der Waals surface area (Å²) >= 11 is 1.47. The Kier molecular flexibility index (Phi) is 7.01. The molecule has 8 heteroatoms. The topological polar surface area (TPSA) is 70.6 Å². The molecule has 192 valence electrons. The average Bonchev–Trinajstić information content (AvgIpc) is 3.39. The number of benzene rings is 4. The Morgan fingerprint density at radius 3 is 2.13 bits per heavy atom.